The van der Waals surface area contributed by atoms with Crippen LogP contribution in [0.15, 0.2) is 43.0 Å². The highest BCUT2D eigenvalue weighted by atomic mass is 35.5. The Hall–Kier alpha value is -2.25. The SMILES string of the molecule is C=CC(=O)N1CC(N2CCN(C(=O)c3cc(O)cc(Cl)c3-c3cc(Cl)ccc3Cl)CC2)C1. The molecule has 2 aromatic carbocycles. The van der Waals surface area contributed by atoms with Gasteiger partial charge in [0.05, 0.1) is 10.6 Å². The van der Waals surface area contributed by atoms with Gasteiger partial charge in [0.15, 0.2) is 0 Å². The fourth-order valence-corrected chi connectivity index (χ4v) is 4.88. The third kappa shape index (κ3) is 4.46. The largest absolute Gasteiger partial charge is 0.508 e. The summed E-state index contributed by atoms with van der Waals surface area (Å²) >= 11 is 19.0. The lowest BCUT2D eigenvalue weighted by Gasteiger charge is -2.47. The van der Waals surface area contributed by atoms with E-state index in [1.54, 1.807) is 28.0 Å². The molecule has 2 saturated heterocycles. The Morgan fingerprint density at radius 2 is 1.66 bits per heavy atom. The molecule has 2 heterocycles. The van der Waals surface area contributed by atoms with Gasteiger partial charge in [0.25, 0.3) is 5.91 Å². The van der Waals surface area contributed by atoms with Crippen LogP contribution < -0.4 is 0 Å². The van der Waals surface area contributed by atoms with Crippen LogP contribution in [-0.4, -0.2) is 76.9 Å². The molecule has 0 aromatic heterocycles. The minimum atomic E-state index is -0.231. The molecule has 1 N–H and O–H groups in total. The molecule has 0 aliphatic carbocycles. The van der Waals surface area contributed by atoms with E-state index < -0.39 is 0 Å². The Bertz CT molecular complexity index is 1080. The number of phenolic OH excluding ortho intramolecular Hbond substituents is 1. The van der Waals surface area contributed by atoms with Gasteiger partial charge in [0.1, 0.15) is 5.75 Å². The van der Waals surface area contributed by atoms with Crippen molar-refractivity contribution in [3.8, 4) is 16.9 Å². The number of piperazine rings is 1. The van der Waals surface area contributed by atoms with Crippen molar-refractivity contribution in [2.45, 2.75) is 6.04 Å². The monoisotopic (exact) mass is 493 g/mol. The summed E-state index contributed by atoms with van der Waals surface area (Å²) in [6.45, 7) is 7.34. The standard InChI is InChI=1S/C23H22Cl3N3O3/c1-2-21(31)29-12-15(13-29)27-5-7-28(8-6-27)23(32)18-10-16(30)11-20(26)22(18)17-9-14(24)3-4-19(17)25/h2-4,9-11,15,30H,1,5-8,12-13H2. The summed E-state index contributed by atoms with van der Waals surface area (Å²) in [5.74, 6) is -0.381. The molecule has 0 bridgehead atoms. The number of halogens is 3. The van der Waals surface area contributed by atoms with Crippen LogP contribution in [0, 0.1) is 0 Å². The third-order valence-electron chi connectivity index (χ3n) is 5.97. The molecular formula is C23H22Cl3N3O3. The lowest BCUT2D eigenvalue weighted by molar-refractivity contribution is -0.133. The molecule has 168 valence electrons. The number of likely N-dealkylation sites (tertiary alicyclic amines) is 1. The maximum atomic E-state index is 13.4. The zero-order valence-electron chi connectivity index (χ0n) is 17.2. The van der Waals surface area contributed by atoms with Gasteiger partial charge in [-0.1, -0.05) is 41.4 Å². The zero-order valence-corrected chi connectivity index (χ0v) is 19.5. The maximum absolute atomic E-state index is 13.4. The van der Waals surface area contributed by atoms with Crippen LogP contribution in [0.25, 0.3) is 11.1 Å². The summed E-state index contributed by atoms with van der Waals surface area (Å²) in [6.07, 6.45) is 1.33. The highest BCUT2D eigenvalue weighted by molar-refractivity contribution is 6.38. The summed E-state index contributed by atoms with van der Waals surface area (Å²) in [4.78, 5) is 30.9. The van der Waals surface area contributed by atoms with E-state index in [4.69, 9.17) is 34.8 Å². The van der Waals surface area contributed by atoms with E-state index in [0.29, 0.717) is 66.5 Å². The summed E-state index contributed by atoms with van der Waals surface area (Å²) in [6, 6.07) is 8.06. The van der Waals surface area contributed by atoms with Crippen molar-refractivity contribution >= 4 is 46.6 Å². The van der Waals surface area contributed by atoms with Gasteiger partial charge in [0, 0.05) is 66.5 Å². The Balaban J connectivity index is 1.52. The summed E-state index contributed by atoms with van der Waals surface area (Å²) in [5, 5.41) is 11.2. The van der Waals surface area contributed by atoms with Crippen LogP contribution >= 0.6 is 34.8 Å². The first-order chi connectivity index (χ1) is 15.3. The van der Waals surface area contributed by atoms with Crippen molar-refractivity contribution in [1.29, 1.82) is 0 Å². The molecular weight excluding hydrogens is 473 g/mol. The molecule has 9 heteroatoms. The Labute approximate surface area is 201 Å². The third-order valence-corrected chi connectivity index (χ3v) is 6.83. The number of nitrogens with zero attached hydrogens (tertiary/aromatic N) is 3. The second-order valence-corrected chi connectivity index (χ2v) is 9.15. The highest BCUT2D eigenvalue weighted by Crippen LogP contribution is 2.40. The number of aromatic hydroxyl groups is 1. The van der Waals surface area contributed by atoms with Gasteiger partial charge in [-0.05, 0) is 36.4 Å². The quantitative estimate of drug-likeness (QED) is 0.648. The number of benzene rings is 2. The Kier molecular flexibility index (Phi) is 6.67. The van der Waals surface area contributed by atoms with Gasteiger partial charge >= 0.3 is 0 Å². The van der Waals surface area contributed by atoms with E-state index >= 15 is 0 Å². The molecule has 0 atom stereocenters. The number of rotatable bonds is 4. The van der Waals surface area contributed by atoms with E-state index in [0.717, 1.165) is 0 Å². The molecule has 32 heavy (non-hydrogen) atoms. The number of hydrogen-bond donors (Lipinski definition) is 1. The van der Waals surface area contributed by atoms with Crippen LogP contribution in [0.5, 0.6) is 5.75 Å². The van der Waals surface area contributed by atoms with Crippen LogP contribution in [0.4, 0.5) is 0 Å². The van der Waals surface area contributed by atoms with E-state index in [1.807, 2.05) is 0 Å². The first kappa shape index (κ1) is 22.9. The van der Waals surface area contributed by atoms with Crippen LogP contribution in [0.1, 0.15) is 10.4 Å². The summed E-state index contributed by atoms with van der Waals surface area (Å²) < 4.78 is 0. The van der Waals surface area contributed by atoms with Gasteiger partial charge in [-0.25, -0.2) is 0 Å². The van der Waals surface area contributed by atoms with E-state index in [1.165, 1.54) is 18.2 Å². The highest BCUT2D eigenvalue weighted by Gasteiger charge is 2.36. The van der Waals surface area contributed by atoms with E-state index in [2.05, 4.69) is 11.5 Å². The first-order valence-corrected chi connectivity index (χ1v) is 11.3. The van der Waals surface area contributed by atoms with E-state index in [9.17, 15) is 14.7 Å². The lowest BCUT2D eigenvalue weighted by Crippen LogP contribution is -2.64. The Morgan fingerprint density at radius 3 is 2.31 bits per heavy atom. The second kappa shape index (κ2) is 9.32. The topological polar surface area (TPSA) is 64.1 Å². The molecule has 2 aromatic rings. The van der Waals surface area contributed by atoms with Crippen LogP contribution in [0.3, 0.4) is 0 Å². The Morgan fingerprint density at radius 1 is 0.969 bits per heavy atom. The lowest BCUT2D eigenvalue weighted by atomic mass is 9.97. The average Bonchev–Trinajstić information content (AvgIpc) is 2.74. The minimum Gasteiger partial charge on any atom is -0.508 e. The fraction of sp³-hybridized carbons (Fsp3) is 0.304. The molecule has 0 saturated carbocycles. The van der Waals surface area contributed by atoms with Crippen molar-refractivity contribution in [3.05, 3.63) is 63.6 Å². The van der Waals surface area contributed by atoms with Crippen molar-refractivity contribution < 1.29 is 14.7 Å². The zero-order chi connectivity index (χ0) is 23.0. The molecule has 0 unspecified atom stereocenters. The molecule has 2 amide bonds. The number of carbonyl (C=O) groups excluding carboxylic acids is 2. The number of hydrogen-bond acceptors (Lipinski definition) is 4. The summed E-state index contributed by atoms with van der Waals surface area (Å²) in [5.41, 5.74) is 1.26. The predicted molar refractivity (Wildman–Crippen MR) is 127 cm³/mol. The average molecular weight is 495 g/mol. The van der Waals surface area contributed by atoms with Crippen molar-refractivity contribution in [2.24, 2.45) is 0 Å². The van der Waals surface area contributed by atoms with Gasteiger partial charge in [0.2, 0.25) is 5.91 Å². The minimum absolute atomic E-state index is 0.0527. The van der Waals surface area contributed by atoms with E-state index in [-0.39, 0.29) is 28.1 Å². The van der Waals surface area contributed by atoms with Gasteiger partial charge in [-0.2, -0.15) is 0 Å². The van der Waals surface area contributed by atoms with Gasteiger partial charge in [-0.15, -0.1) is 0 Å². The first-order valence-electron chi connectivity index (χ1n) is 10.2. The number of carbonyl (C=O) groups is 2. The van der Waals surface area contributed by atoms with Gasteiger partial charge in [-0.3, -0.25) is 14.5 Å². The number of amides is 2. The molecule has 0 radical (unpaired) electrons. The molecule has 2 aliphatic rings. The fourth-order valence-electron chi connectivity index (χ4n) is 4.18. The molecule has 6 nitrogen and oxygen atoms in total. The smallest absolute Gasteiger partial charge is 0.254 e. The van der Waals surface area contributed by atoms with Crippen LogP contribution in [-0.2, 0) is 4.79 Å². The van der Waals surface area contributed by atoms with Crippen molar-refractivity contribution in [2.75, 3.05) is 39.3 Å². The normalized spacial score (nSPS) is 17.2. The van der Waals surface area contributed by atoms with Crippen molar-refractivity contribution in [1.82, 2.24) is 14.7 Å². The molecule has 2 fully saturated rings. The van der Waals surface area contributed by atoms with Crippen molar-refractivity contribution in [3.63, 3.8) is 0 Å². The second-order valence-electron chi connectivity index (χ2n) is 7.90. The predicted octanol–water partition coefficient (Wildman–Crippen LogP) is 4.17. The number of phenols is 1. The maximum Gasteiger partial charge on any atom is 0.254 e. The molecule has 2 aliphatic heterocycles. The van der Waals surface area contributed by atoms with Crippen LogP contribution in [0.2, 0.25) is 15.1 Å². The van der Waals surface area contributed by atoms with Gasteiger partial charge < -0.3 is 14.9 Å². The molecule has 0 spiro atoms. The molecule has 4 rings (SSSR count). The summed E-state index contributed by atoms with van der Waals surface area (Å²) in [7, 11) is 0.